The highest BCUT2D eigenvalue weighted by Crippen LogP contribution is 2.47. The quantitative estimate of drug-likeness (QED) is 0.589. The Morgan fingerprint density at radius 3 is 2.23 bits per heavy atom. The van der Waals surface area contributed by atoms with E-state index in [4.69, 9.17) is 4.74 Å². The molecule has 0 spiro atoms. The molecule has 0 aromatic heterocycles. The van der Waals surface area contributed by atoms with Gasteiger partial charge in [-0.1, -0.05) is 36.4 Å². The topological polar surface area (TPSA) is 43.4 Å². The van der Waals surface area contributed by atoms with Gasteiger partial charge in [-0.25, -0.2) is 0 Å². The molecule has 1 fully saturated rings. The van der Waals surface area contributed by atoms with Gasteiger partial charge >= 0.3 is 5.97 Å². The highest BCUT2D eigenvalue weighted by atomic mass is 16.5. The molecule has 114 valence electrons. The SMILES string of the molecule is CC1(C)C(=O)OC(c2ccc3ccccc3c2)C(C)(C)C1=O. The Bertz CT molecular complexity index is 771. The average Bonchev–Trinajstić information content (AvgIpc) is 2.49. The summed E-state index contributed by atoms with van der Waals surface area (Å²) in [4.78, 5) is 24.9. The van der Waals surface area contributed by atoms with Crippen molar-refractivity contribution in [1.82, 2.24) is 0 Å². The van der Waals surface area contributed by atoms with Crippen LogP contribution in [-0.4, -0.2) is 11.8 Å². The molecule has 3 nitrogen and oxygen atoms in total. The van der Waals surface area contributed by atoms with Gasteiger partial charge in [0.05, 0.1) is 5.41 Å². The molecule has 0 bridgehead atoms. The van der Waals surface area contributed by atoms with Crippen LogP contribution in [0, 0.1) is 10.8 Å². The molecular weight excluding hydrogens is 276 g/mol. The van der Waals surface area contributed by atoms with Crippen LogP contribution < -0.4 is 0 Å². The normalized spacial score (nSPS) is 23.4. The van der Waals surface area contributed by atoms with Crippen LogP contribution in [0.4, 0.5) is 0 Å². The molecular formula is C19H20O3. The maximum Gasteiger partial charge on any atom is 0.319 e. The minimum atomic E-state index is -1.09. The van der Waals surface area contributed by atoms with Crippen molar-refractivity contribution in [3.8, 4) is 0 Å². The molecule has 1 heterocycles. The zero-order chi connectivity index (χ0) is 16.1. The van der Waals surface area contributed by atoms with E-state index in [1.54, 1.807) is 13.8 Å². The predicted octanol–water partition coefficient (Wildman–Crippen LogP) is 4.06. The molecule has 1 atom stereocenters. The molecule has 0 radical (unpaired) electrons. The first-order valence-electron chi connectivity index (χ1n) is 7.49. The summed E-state index contributed by atoms with van der Waals surface area (Å²) in [5, 5.41) is 2.20. The fraction of sp³-hybridized carbons (Fsp3) is 0.368. The summed E-state index contributed by atoms with van der Waals surface area (Å²) in [6.45, 7) is 6.97. The standard InChI is InChI=1S/C19H20O3/c1-18(2)15(22-17(21)19(3,4)16(18)20)14-10-9-12-7-5-6-8-13(12)11-14/h5-11,15H,1-4H3. The van der Waals surface area contributed by atoms with Crippen molar-refractivity contribution in [3.63, 3.8) is 0 Å². The predicted molar refractivity (Wildman–Crippen MR) is 85.4 cm³/mol. The Hall–Kier alpha value is -2.16. The van der Waals surface area contributed by atoms with E-state index < -0.39 is 22.9 Å². The van der Waals surface area contributed by atoms with Gasteiger partial charge in [0.15, 0.2) is 5.78 Å². The van der Waals surface area contributed by atoms with Crippen LogP contribution in [0.1, 0.15) is 39.4 Å². The van der Waals surface area contributed by atoms with E-state index in [1.165, 1.54) is 0 Å². The first-order chi connectivity index (χ1) is 10.2. The van der Waals surface area contributed by atoms with Crippen molar-refractivity contribution in [2.24, 2.45) is 10.8 Å². The van der Waals surface area contributed by atoms with Gasteiger partial charge in [0.25, 0.3) is 0 Å². The Labute approximate surface area is 130 Å². The minimum Gasteiger partial charge on any atom is -0.456 e. The van der Waals surface area contributed by atoms with Gasteiger partial charge in [0.1, 0.15) is 11.5 Å². The summed E-state index contributed by atoms with van der Waals surface area (Å²) >= 11 is 0. The van der Waals surface area contributed by atoms with E-state index in [0.29, 0.717) is 0 Å². The number of esters is 1. The number of cyclic esters (lactones) is 1. The van der Waals surface area contributed by atoms with E-state index in [9.17, 15) is 9.59 Å². The number of carbonyl (C=O) groups is 2. The van der Waals surface area contributed by atoms with Crippen molar-refractivity contribution >= 4 is 22.5 Å². The third-order valence-electron chi connectivity index (χ3n) is 4.62. The summed E-state index contributed by atoms with van der Waals surface area (Å²) < 4.78 is 5.66. The number of hydrogen-bond donors (Lipinski definition) is 0. The third kappa shape index (κ3) is 2.04. The second-order valence-corrected chi connectivity index (χ2v) is 7.07. The lowest BCUT2D eigenvalue weighted by atomic mass is 9.67. The third-order valence-corrected chi connectivity index (χ3v) is 4.62. The minimum absolute atomic E-state index is 0.0746. The Morgan fingerprint density at radius 2 is 1.55 bits per heavy atom. The molecule has 0 amide bonds. The van der Waals surface area contributed by atoms with Gasteiger partial charge in [-0.3, -0.25) is 9.59 Å². The number of ether oxygens (including phenoxy) is 1. The lowest BCUT2D eigenvalue weighted by Crippen LogP contribution is -2.52. The first-order valence-corrected chi connectivity index (χ1v) is 7.49. The van der Waals surface area contributed by atoms with E-state index in [0.717, 1.165) is 16.3 Å². The second kappa shape index (κ2) is 4.67. The Morgan fingerprint density at radius 1 is 0.909 bits per heavy atom. The lowest BCUT2D eigenvalue weighted by Gasteiger charge is -2.43. The summed E-state index contributed by atoms with van der Waals surface area (Å²) in [5.41, 5.74) is -0.975. The highest BCUT2D eigenvalue weighted by Gasteiger charge is 2.55. The van der Waals surface area contributed by atoms with Gasteiger partial charge in [-0.05, 0) is 50.1 Å². The van der Waals surface area contributed by atoms with E-state index in [-0.39, 0.29) is 5.78 Å². The van der Waals surface area contributed by atoms with Gasteiger partial charge in [-0.15, -0.1) is 0 Å². The molecule has 0 N–H and O–H groups in total. The van der Waals surface area contributed by atoms with Crippen LogP contribution >= 0.6 is 0 Å². The number of carbonyl (C=O) groups excluding carboxylic acids is 2. The van der Waals surface area contributed by atoms with Gasteiger partial charge in [0.2, 0.25) is 0 Å². The molecule has 0 aliphatic carbocycles. The number of fused-ring (bicyclic) bond motifs is 1. The molecule has 1 aliphatic rings. The molecule has 1 saturated heterocycles. The molecule has 1 aliphatic heterocycles. The van der Waals surface area contributed by atoms with E-state index in [1.807, 2.05) is 56.3 Å². The molecule has 22 heavy (non-hydrogen) atoms. The molecule has 2 aromatic carbocycles. The summed E-state index contributed by atoms with van der Waals surface area (Å²) in [7, 11) is 0. The Kier molecular flexibility index (Phi) is 3.13. The van der Waals surface area contributed by atoms with Crippen LogP contribution in [-0.2, 0) is 14.3 Å². The van der Waals surface area contributed by atoms with Gasteiger partial charge in [0, 0.05) is 0 Å². The van der Waals surface area contributed by atoms with Crippen LogP contribution in [0.15, 0.2) is 42.5 Å². The molecule has 1 unspecified atom stereocenters. The van der Waals surface area contributed by atoms with Crippen LogP contribution in [0.2, 0.25) is 0 Å². The Balaban J connectivity index is 2.09. The first kappa shape index (κ1) is 14.8. The number of rotatable bonds is 1. The smallest absolute Gasteiger partial charge is 0.319 e. The van der Waals surface area contributed by atoms with Crippen molar-refractivity contribution in [1.29, 1.82) is 0 Å². The van der Waals surface area contributed by atoms with Gasteiger partial charge in [-0.2, -0.15) is 0 Å². The molecule has 2 aromatic rings. The molecule has 3 rings (SSSR count). The summed E-state index contributed by atoms with van der Waals surface area (Å²) in [6.07, 6.45) is -0.551. The fourth-order valence-corrected chi connectivity index (χ4v) is 3.27. The fourth-order valence-electron chi connectivity index (χ4n) is 3.27. The summed E-state index contributed by atoms with van der Waals surface area (Å²) in [5.74, 6) is -0.524. The molecule has 3 heteroatoms. The van der Waals surface area contributed by atoms with Gasteiger partial charge < -0.3 is 4.74 Å². The van der Waals surface area contributed by atoms with E-state index in [2.05, 4.69) is 0 Å². The second-order valence-electron chi connectivity index (χ2n) is 7.07. The lowest BCUT2D eigenvalue weighted by molar-refractivity contribution is -0.186. The average molecular weight is 296 g/mol. The van der Waals surface area contributed by atoms with Crippen molar-refractivity contribution in [2.75, 3.05) is 0 Å². The molecule has 0 saturated carbocycles. The van der Waals surface area contributed by atoms with Crippen molar-refractivity contribution in [3.05, 3.63) is 48.0 Å². The maximum atomic E-state index is 12.7. The number of Topliss-reactive ketones (excluding diaryl/α,β-unsaturated/α-hetero) is 1. The summed E-state index contributed by atoms with van der Waals surface area (Å²) in [6, 6.07) is 13.9. The number of benzene rings is 2. The number of hydrogen-bond acceptors (Lipinski definition) is 3. The van der Waals surface area contributed by atoms with E-state index >= 15 is 0 Å². The highest BCUT2D eigenvalue weighted by molar-refractivity contribution is 6.07. The van der Waals surface area contributed by atoms with Crippen LogP contribution in [0.3, 0.4) is 0 Å². The zero-order valence-electron chi connectivity index (χ0n) is 13.3. The largest absolute Gasteiger partial charge is 0.456 e. The van der Waals surface area contributed by atoms with Crippen molar-refractivity contribution < 1.29 is 14.3 Å². The maximum absolute atomic E-state index is 12.7. The zero-order valence-corrected chi connectivity index (χ0v) is 13.3. The van der Waals surface area contributed by atoms with Crippen LogP contribution in [0.5, 0.6) is 0 Å². The van der Waals surface area contributed by atoms with Crippen molar-refractivity contribution in [2.45, 2.75) is 33.8 Å². The monoisotopic (exact) mass is 296 g/mol. The van der Waals surface area contributed by atoms with Crippen LogP contribution in [0.25, 0.3) is 10.8 Å². The number of ketones is 1.